The van der Waals surface area contributed by atoms with Crippen LogP contribution in [0.1, 0.15) is 62.9 Å². The average Bonchev–Trinajstić information content (AvgIpc) is 2.83. The van der Waals surface area contributed by atoms with Crippen LogP contribution in [0, 0.1) is 0 Å². The summed E-state index contributed by atoms with van der Waals surface area (Å²) in [7, 11) is 3.97. The molecule has 4 nitrogen and oxygen atoms in total. The van der Waals surface area contributed by atoms with Gasteiger partial charge in [0.15, 0.2) is 0 Å². The maximum Gasteiger partial charge on any atom is 0.0962 e. The Balaban J connectivity index is 2.29. The van der Waals surface area contributed by atoms with Crippen LogP contribution in [0.25, 0.3) is 0 Å². The Hall–Kier alpha value is -0.870. The summed E-state index contributed by atoms with van der Waals surface area (Å²) < 4.78 is 7.80. The molecule has 1 unspecified atom stereocenters. The predicted octanol–water partition coefficient (Wildman–Crippen LogP) is 2.98. The monoisotopic (exact) mass is 265 g/mol. The van der Waals surface area contributed by atoms with Crippen LogP contribution in [0.4, 0.5) is 0 Å². The third-order valence-electron chi connectivity index (χ3n) is 4.26. The highest BCUT2D eigenvalue weighted by Crippen LogP contribution is 2.31. The molecule has 1 aromatic heterocycles. The summed E-state index contributed by atoms with van der Waals surface area (Å²) in [6, 6.07) is 0.524. The fourth-order valence-corrected chi connectivity index (χ4v) is 2.89. The molecular formula is C15H27N3O. The summed E-state index contributed by atoms with van der Waals surface area (Å²) in [6.45, 7) is 8.88. The summed E-state index contributed by atoms with van der Waals surface area (Å²) in [5.74, 6) is 0.493. The number of piperidine rings is 1. The van der Waals surface area contributed by atoms with E-state index in [9.17, 15) is 0 Å². The standard InChI is InChI=1S/C15H27N3O/c1-11(2)14-10-16-18(15(14)12(3)19-5)13-6-8-17(4)9-7-13/h10-13H,6-9H2,1-5H3. The molecule has 1 aliphatic rings. The molecule has 4 heteroatoms. The van der Waals surface area contributed by atoms with Crippen LogP contribution >= 0.6 is 0 Å². The number of hydrogen-bond donors (Lipinski definition) is 0. The number of likely N-dealkylation sites (tertiary alicyclic amines) is 1. The van der Waals surface area contributed by atoms with Gasteiger partial charge in [-0.15, -0.1) is 0 Å². The van der Waals surface area contributed by atoms with E-state index in [1.54, 1.807) is 7.11 Å². The molecule has 0 radical (unpaired) electrons. The molecular weight excluding hydrogens is 238 g/mol. The topological polar surface area (TPSA) is 30.3 Å². The van der Waals surface area contributed by atoms with E-state index >= 15 is 0 Å². The van der Waals surface area contributed by atoms with Crippen molar-refractivity contribution in [2.24, 2.45) is 0 Å². The minimum Gasteiger partial charge on any atom is -0.375 e. The summed E-state index contributed by atoms with van der Waals surface area (Å²) in [5.41, 5.74) is 2.60. The maximum atomic E-state index is 5.57. The average molecular weight is 265 g/mol. The lowest BCUT2D eigenvalue weighted by Gasteiger charge is -2.31. The second-order valence-corrected chi connectivity index (χ2v) is 6.00. The largest absolute Gasteiger partial charge is 0.375 e. The third-order valence-corrected chi connectivity index (χ3v) is 4.26. The molecule has 0 amide bonds. The molecule has 0 spiro atoms. The zero-order valence-electron chi connectivity index (χ0n) is 12.9. The van der Waals surface area contributed by atoms with E-state index in [2.05, 4.69) is 42.5 Å². The molecule has 2 rings (SSSR count). The second kappa shape index (κ2) is 6.06. The van der Waals surface area contributed by atoms with Gasteiger partial charge < -0.3 is 9.64 Å². The predicted molar refractivity (Wildman–Crippen MR) is 77.5 cm³/mol. The lowest BCUT2D eigenvalue weighted by atomic mass is 10.00. The van der Waals surface area contributed by atoms with Crippen LogP contribution in [0.5, 0.6) is 0 Å². The molecule has 0 bridgehead atoms. The van der Waals surface area contributed by atoms with Gasteiger partial charge in [-0.2, -0.15) is 5.10 Å². The van der Waals surface area contributed by atoms with Crippen molar-refractivity contribution in [1.29, 1.82) is 0 Å². The molecule has 1 aliphatic heterocycles. The zero-order chi connectivity index (χ0) is 14.0. The van der Waals surface area contributed by atoms with Gasteiger partial charge in [0.1, 0.15) is 0 Å². The van der Waals surface area contributed by atoms with Crippen molar-refractivity contribution in [3.63, 3.8) is 0 Å². The van der Waals surface area contributed by atoms with E-state index < -0.39 is 0 Å². The summed E-state index contributed by atoms with van der Waals surface area (Å²) in [6.07, 6.45) is 4.51. The number of nitrogens with zero attached hydrogens (tertiary/aromatic N) is 3. The SMILES string of the molecule is COC(C)c1c(C(C)C)cnn1C1CCN(C)CC1. The Morgan fingerprint density at radius 1 is 1.26 bits per heavy atom. The van der Waals surface area contributed by atoms with Crippen LogP contribution in [0.15, 0.2) is 6.20 Å². The Kier molecular flexibility index (Phi) is 4.63. The van der Waals surface area contributed by atoms with Crippen molar-refractivity contribution < 1.29 is 4.74 Å². The molecule has 0 aliphatic carbocycles. The fraction of sp³-hybridized carbons (Fsp3) is 0.800. The van der Waals surface area contributed by atoms with Crippen LogP contribution in [-0.2, 0) is 4.74 Å². The smallest absolute Gasteiger partial charge is 0.0962 e. The van der Waals surface area contributed by atoms with Gasteiger partial charge in [0.25, 0.3) is 0 Å². The number of aromatic nitrogens is 2. The van der Waals surface area contributed by atoms with Crippen molar-refractivity contribution in [3.05, 3.63) is 17.5 Å². The molecule has 1 saturated heterocycles. The molecule has 1 fully saturated rings. The molecule has 108 valence electrons. The quantitative estimate of drug-likeness (QED) is 0.838. The van der Waals surface area contributed by atoms with Gasteiger partial charge in [-0.3, -0.25) is 4.68 Å². The van der Waals surface area contributed by atoms with Crippen molar-refractivity contribution in [3.8, 4) is 0 Å². The maximum absolute atomic E-state index is 5.57. The molecule has 1 atom stereocenters. The van der Waals surface area contributed by atoms with Crippen molar-refractivity contribution >= 4 is 0 Å². The number of ether oxygens (including phenoxy) is 1. The van der Waals surface area contributed by atoms with Crippen molar-refractivity contribution in [2.75, 3.05) is 27.2 Å². The van der Waals surface area contributed by atoms with E-state index in [4.69, 9.17) is 4.74 Å². The van der Waals surface area contributed by atoms with Crippen molar-refractivity contribution in [2.45, 2.75) is 51.7 Å². The summed E-state index contributed by atoms with van der Waals surface area (Å²) >= 11 is 0. The van der Waals surface area contributed by atoms with E-state index in [0.717, 1.165) is 13.1 Å². The Bertz CT molecular complexity index is 406. The highest BCUT2D eigenvalue weighted by molar-refractivity contribution is 5.24. The Morgan fingerprint density at radius 2 is 1.89 bits per heavy atom. The minimum absolute atomic E-state index is 0.111. The molecule has 0 aromatic carbocycles. The number of methoxy groups -OCH3 is 1. The molecule has 1 aromatic rings. The van der Waals surface area contributed by atoms with Gasteiger partial charge in [0, 0.05) is 7.11 Å². The fourth-order valence-electron chi connectivity index (χ4n) is 2.89. The molecule has 0 N–H and O–H groups in total. The zero-order valence-corrected chi connectivity index (χ0v) is 12.9. The van der Waals surface area contributed by atoms with Gasteiger partial charge in [0.05, 0.1) is 24.0 Å². The number of hydrogen-bond acceptors (Lipinski definition) is 3. The first-order valence-corrected chi connectivity index (χ1v) is 7.33. The first-order valence-electron chi connectivity index (χ1n) is 7.33. The molecule has 0 saturated carbocycles. The molecule has 19 heavy (non-hydrogen) atoms. The van der Waals surface area contributed by atoms with Crippen LogP contribution in [0.2, 0.25) is 0 Å². The van der Waals surface area contributed by atoms with Crippen LogP contribution < -0.4 is 0 Å². The lowest BCUT2D eigenvalue weighted by molar-refractivity contribution is 0.104. The first-order chi connectivity index (χ1) is 9.04. The lowest BCUT2D eigenvalue weighted by Crippen LogP contribution is -2.32. The minimum atomic E-state index is 0.111. The van der Waals surface area contributed by atoms with E-state index in [1.165, 1.54) is 24.1 Å². The van der Waals surface area contributed by atoms with Gasteiger partial charge in [-0.25, -0.2) is 0 Å². The highest BCUT2D eigenvalue weighted by Gasteiger charge is 2.26. The first kappa shape index (κ1) is 14.5. The van der Waals surface area contributed by atoms with Gasteiger partial charge in [0.2, 0.25) is 0 Å². The van der Waals surface area contributed by atoms with Gasteiger partial charge >= 0.3 is 0 Å². The molecule has 2 heterocycles. The van der Waals surface area contributed by atoms with Crippen LogP contribution in [0.3, 0.4) is 0 Å². The summed E-state index contributed by atoms with van der Waals surface area (Å²) in [5, 5.41) is 4.67. The number of rotatable bonds is 4. The van der Waals surface area contributed by atoms with Gasteiger partial charge in [-0.1, -0.05) is 13.8 Å². The van der Waals surface area contributed by atoms with Crippen LogP contribution in [-0.4, -0.2) is 41.9 Å². The second-order valence-electron chi connectivity index (χ2n) is 6.00. The van der Waals surface area contributed by atoms with E-state index in [-0.39, 0.29) is 6.10 Å². The summed E-state index contributed by atoms with van der Waals surface area (Å²) in [4.78, 5) is 2.39. The van der Waals surface area contributed by atoms with E-state index in [0.29, 0.717) is 12.0 Å². The Morgan fingerprint density at radius 3 is 2.42 bits per heavy atom. The Labute approximate surface area is 116 Å². The van der Waals surface area contributed by atoms with Crippen molar-refractivity contribution in [1.82, 2.24) is 14.7 Å². The van der Waals surface area contributed by atoms with Gasteiger partial charge in [-0.05, 0) is 51.4 Å². The third kappa shape index (κ3) is 3.00. The van der Waals surface area contributed by atoms with E-state index in [1.807, 2.05) is 6.20 Å². The highest BCUT2D eigenvalue weighted by atomic mass is 16.5. The normalized spacial score (nSPS) is 20.1.